The van der Waals surface area contributed by atoms with E-state index in [2.05, 4.69) is 6.07 Å². The molecule has 2 N–H and O–H groups in total. The summed E-state index contributed by atoms with van der Waals surface area (Å²) in [6.07, 6.45) is -0.621. The van der Waals surface area contributed by atoms with Gasteiger partial charge >= 0.3 is 0 Å². The lowest BCUT2D eigenvalue weighted by molar-refractivity contribution is 0.196. The molecule has 18 heavy (non-hydrogen) atoms. The summed E-state index contributed by atoms with van der Waals surface area (Å²) in [7, 11) is 1.85. The Morgan fingerprint density at radius 1 is 1.44 bits per heavy atom. The van der Waals surface area contributed by atoms with Crippen LogP contribution in [0.2, 0.25) is 0 Å². The van der Waals surface area contributed by atoms with Crippen LogP contribution in [-0.4, -0.2) is 29.4 Å². The number of hydrogen-bond donors (Lipinski definition) is 2. The minimum atomic E-state index is -0.621. The molecule has 0 saturated heterocycles. The number of rotatable bonds is 4. The fourth-order valence-electron chi connectivity index (χ4n) is 1.69. The van der Waals surface area contributed by atoms with Crippen molar-refractivity contribution in [3.63, 3.8) is 0 Å². The number of nitrogens with zero attached hydrogens (tertiary/aromatic N) is 2. The molecule has 0 fully saturated rings. The first-order chi connectivity index (χ1) is 8.33. The van der Waals surface area contributed by atoms with Gasteiger partial charge in [0.25, 0.3) is 0 Å². The number of benzene rings is 1. The summed E-state index contributed by atoms with van der Waals surface area (Å²) < 4.78 is 0. The maximum Gasteiger partial charge on any atom is 0.0992 e. The highest BCUT2D eigenvalue weighted by Gasteiger charge is 2.25. The Labute approximate surface area is 108 Å². The van der Waals surface area contributed by atoms with Crippen molar-refractivity contribution in [2.75, 3.05) is 18.6 Å². The Kier molecular flexibility index (Phi) is 4.33. The van der Waals surface area contributed by atoms with Crippen LogP contribution in [0.5, 0.6) is 0 Å². The van der Waals surface area contributed by atoms with Crippen molar-refractivity contribution in [3.05, 3.63) is 29.3 Å². The van der Waals surface area contributed by atoms with E-state index in [0.29, 0.717) is 5.56 Å². The van der Waals surface area contributed by atoms with Gasteiger partial charge in [-0.05, 0) is 32.9 Å². The normalized spacial score (nSPS) is 12.9. The molecule has 1 aromatic carbocycles. The van der Waals surface area contributed by atoms with Crippen LogP contribution in [0.15, 0.2) is 18.2 Å². The Bertz CT molecular complexity index is 461. The standard InChI is InChI=1S/C14H20N2O2/c1-10(18)12-6-5-11(8-15)7-13(12)16(4)14(2,3)9-17/h5-7,10,17-18H,9H2,1-4H3/t10-/m0/s1. The zero-order valence-electron chi connectivity index (χ0n) is 11.3. The average molecular weight is 248 g/mol. The van der Waals surface area contributed by atoms with Gasteiger partial charge in [-0.15, -0.1) is 0 Å². The van der Waals surface area contributed by atoms with Crippen molar-refractivity contribution < 1.29 is 10.2 Å². The minimum absolute atomic E-state index is 0.0144. The summed E-state index contributed by atoms with van der Waals surface area (Å²) in [5, 5.41) is 28.1. The average Bonchev–Trinajstić information content (AvgIpc) is 2.36. The molecule has 98 valence electrons. The maximum atomic E-state index is 9.78. The van der Waals surface area contributed by atoms with Crippen LogP contribution in [0.1, 0.15) is 38.0 Å². The van der Waals surface area contributed by atoms with Gasteiger partial charge in [0.05, 0.1) is 29.9 Å². The van der Waals surface area contributed by atoms with E-state index in [4.69, 9.17) is 5.26 Å². The quantitative estimate of drug-likeness (QED) is 0.853. The molecule has 0 unspecified atom stereocenters. The van der Waals surface area contributed by atoms with Crippen molar-refractivity contribution in [1.29, 1.82) is 5.26 Å². The molecule has 0 aliphatic carbocycles. The summed E-state index contributed by atoms with van der Waals surface area (Å²) in [4.78, 5) is 1.88. The molecule has 1 rings (SSSR count). The lowest BCUT2D eigenvalue weighted by Gasteiger charge is -2.37. The van der Waals surface area contributed by atoms with Crippen molar-refractivity contribution in [1.82, 2.24) is 0 Å². The van der Waals surface area contributed by atoms with Crippen molar-refractivity contribution >= 4 is 5.69 Å². The second-order valence-electron chi connectivity index (χ2n) is 5.09. The number of hydrogen-bond acceptors (Lipinski definition) is 4. The number of nitriles is 1. The van der Waals surface area contributed by atoms with Crippen LogP contribution in [0, 0.1) is 11.3 Å². The molecule has 4 heteroatoms. The van der Waals surface area contributed by atoms with E-state index in [1.54, 1.807) is 25.1 Å². The van der Waals surface area contributed by atoms with Gasteiger partial charge in [0.1, 0.15) is 0 Å². The van der Waals surface area contributed by atoms with Crippen molar-refractivity contribution in [3.8, 4) is 6.07 Å². The SMILES string of the molecule is C[C@H](O)c1ccc(C#N)cc1N(C)C(C)(C)CO. The molecule has 0 aliphatic rings. The number of likely N-dealkylation sites (N-methyl/N-ethyl adjacent to an activating group) is 1. The summed E-state index contributed by atoms with van der Waals surface area (Å²) in [5.74, 6) is 0. The highest BCUT2D eigenvalue weighted by atomic mass is 16.3. The first-order valence-electron chi connectivity index (χ1n) is 5.90. The summed E-state index contributed by atoms with van der Waals surface area (Å²) >= 11 is 0. The molecule has 0 radical (unpaired) electrons. The van der Waals surface area contributed by atoms with Gasteiger partial charge in [-0.2, -0.15) is 5.26 Å². The number of anilines is 1. The molecule has 0 amide bonds. The first kappa shape index (κ1) is 14.5. The zero-order chi connectivity index (χ0) is 13.9. The predicted octanol–water partition coefficient (Wildman–Crippen LogP) is 1.82. The summed E-state index contributed by atoms with van der Waals surface area (Å²) in [6.45, 7) is 5.47. The van der Waals surface area contributed by atoms with E-state index in [-0.39, 0.29) is 6.61 Å². The molecule has 0 spiro atoms. The van der Waals surface area contributed by atoms with E-state index < -0.39 is 11.6 Å². The Balaban J connectivity index is 3.32. The number of aliphatic hydroxyl groups is 2. The first-order valence-corrected chi connectivity index (χ1v) is 5.90. The van der Waals surface area contributed by atoms with Gasteiger partial charge in [0, 0.05) is 18.3 Å². The third kappa shape index (κ3) is 2.81. The molecule has 0 aromatic heterocycles. The topological polar surface area (TPSA) is 67.5 Å². The van der Waals surface area contributed by atoms with Crippen molar-refractivity contribution in [2.24, 2.45) is 0 Å². The third-order valence-corrected chi connectivity index (χ3v) is 3.27. The molecular weight excluding hydrogens is 228 g/mol. The van der Waals surface area contributed by atoms with Gasteiger partial charge < -0.3 is 15.1 Å². The molecule has 4 nitrogen and oxygen atoms in total. The van der Waals surface area contributed by atoms with Gasteiger partial charge in [-0.3, -0.25) is 0 Å². The molecule has 0 bridgehead atoms. The van der Waals surface area contributed by atoms with E-state index in [0.717, 1.165) is 11.3 Å². The van der Waals surface area contributed by atoms with Crippen LogP contribution < -0.4 is 4.90 Å². The highest BCUT2D eigenvalue weighted by Crippen LogP contribution is 2.30. The Morgan fingerprint density at radius 3 is 2.50 bits per heavy atom. The molecule has 1 aromatic rings. The van der Waals surface area contributed by atoms with Crippen LogP contribution in [0.4, 0.5) is 5.69 Å². The second kappa shape index (κ2) is 5.38. The lowest BCUT2D eigenvalue weighted by atomic mass is 9.99. The largest absolute Gasteiger partial charge is 0.394 e. The minimum Gasteiger partial charge on any atom is -0.394 e. The zero-order valence-corrected chi connectivity index (χ0v) is 11.3. The maximum absolute atomic E-state index is 9.78. The van der Waals surface area contributed by atoms with Crippen LogP contribution in [-0.2, 0) is 0 Å². The Morgan fingerprint density at radius 2 is 2.06 bits per heavy atom. The van der Waals surface area contributed by atoms with Crippen LogP contribution in [0.3, 0.4) is 0 Å². The van der Waals surface area contributed by atoms with E-state index in [1.807, 2.05) is 25.8 Å². The summed E-state index contributed by atoms with van der Waals surface area (Å²) in [6, 6.07) is 7.26. The monoisotopic (exact) mass is 248 g/mol. The van der Waals surface area contributed by atoms with Crippen LogP contribution in [0.25, 0.3) is 0 Å². The highest BCUT2D eigenvalue weighted by molar-refractivity contribution is 5.59. The molecule has 0 heterocycles. The summed E-state index contributed by atoms with van der Waals surface area (Å²) in [5.41, 5.74) is 1.59. The fourth-order valence-corrected chi connectivity index (χ4v) is 1.69. The van der Waals surface area contributed by atoms with Gasteiger partial charge in [-0.25, -0.2) is 0 Å². The van der Waals surface area contributed by atoms with Crippen molar-refractivity contribution in [2.45, 2.75) is 32.4 Å². The predicted molar refractivity (Wildman–Crippen MR) is 71.4 cm³/mol. The molecule has 0 saturated carbocycles. The Hall–Kier alpha value is -1.57. The smallest absolute Gasteiger partial charge is 0.0992 e. The molecule has 1 atom stereocenters. The third-order valence-electron chi connectivity index (χ3n) is 3.27. The number of aliphatic hydroxyl groups excluding tert-OH is 2. The lowest BCUT2D eigenvalue weighted by Crippen LogP contribution is -2.45. The van der Waals surface area contributed by atoms with E-state index in [9.17, 15) is 10.2 Å². The van der Waals surface area contributed by atoms with Gasteiger partial charge in [0.15, 0.2) is 0 Å². The molecular formula is C14H20N2O2. The van der Waals surface area contributed by atoms with E-state index >= 15 is 0 Å². The van der Waals surface area contributed by atoms with Gasteiger partial charge in [-0.1, -0.05) is 6.07 Å². The van der Waals surface area contributed by atoms with Crippen LogP contribution >= 0.6 is 0 Å². The van der Waals surface area contributed by atoms with Gasteiger partial charge in [0.2, 0.25) is 0 Å². The van der Waals surface area contributed by atoms with E-state index in [1.165, 1.54) is 0 Å². The fraction of sp³-hybridized carbons (Fsp3) is 0.500. The molecule has 0 aliphatic heterocycles. The second-order valence-corrected chi connectivity index (χ2v) is 5.09.